The van der Waals surface area contributed by atoms with Crippen molar-refractivity contribution >= 4 is 34.8 Å². The van der Waals surface area contributed by atoms with Crippen molar-refractivity contribution in [2.24, 2.45) is 0 Å². The standard InChI is InChI=1S/C24H24ClN3O2/c1-16(17-8-5-4-6-9-17)26-24(30)21-15-20(12-13-22(21)28(2)3)27-23(29)18-10-7-11-19(25)14-18/h4-16H,1-3H3,(H,26,30)(H,27,29)/t16-/m1/s1. The fourth-order valence-corrected chi connectivity index (χ4v) is 3.31. The maximum Gasteiger partial charge on any atom is 0.255 e. The summed E-state index contributed by atoms with van der Waals surface area (Å²) in [6.45, 7) is 1.94. The Kier molecular flexibility index (Phi) is 6.75. The molecule has 30 heavy (non-hydrogen) atoms. The van der Waals surface area contributed by atoms with Crippen molar-refractivity contribution in [3.63, 3.8) is 0 Å². The number of hydrogen-bond acceptors (Lipinski definition) is 3. The number of benzene rings is 3. The molecule has 0 spiro atoms. The Morgan fingerprint density at radius 1 is 0.900 bits per heavy atom. The summed E-state index contributed by atoms with van der Waals surface area (Å²) in [5, 5.41) is 6.35. The molecule has 2 N–H and O–H groups in total. The molecule has 0 aromatic heterocycles. The second kappa shape index (κ2) is 9.46. The normalized spacial score (nSPS) is 11.5. The topological polar surface area (TPSA) is 61.4 Å². The summed E-state index contributed by atoms with van der Waals surface area (Å²) < 4.78 is 0. The lowest BCUT2D eigenvalue weighted by Gasteiger charge is -2.20. The van der Waals surface area contributed by atoms with Gasteiger partial charge in [-0.2, -0.15) is 0 Å². The van der Waals surface area contributed by atoms with E-state index in [9.17, 15) is 9.59 Å². The van der Waals surface area contributed by atoms with Gasteiger partial charge in [-0.25, -0.2) is 0 Å². The van der Waals surface area contributed by atoms with Crippen LogP contribution in [0.1, 0.15) is 39.2 Å². The molecular weight excluding hydrogens is 398 g/mol. The molecule has 154 valence electrons. The number of carbonyl (C=O) groups is 2. The Bertz CT molecular complexity index is 1050. The first-order valence-electron chi connectivity index (χ1n) is 9.59. The molecule has 0 aliphatic rings. The molecule has 2 amide bonds. The highest BCUT2D eigenvalue weighted by Gasteiger charge is 2.18. The summed E-state index contributed by atoms with van der Waals surface area (Å²) in [6.07, 6.45) is 0. The number of carbonyl (C=O) groups excluding carboxylic acids is 2. The highest BCUT2D eigenvalue weighted by Crippen LogP contribution is 2.25. The van der Waals surface area contributed by atoms with Gasteiger partial charge >= 0.3 is 0 Å². The predicted molar refractivity (Wildman–Crippen MR) is 122 cm³/mol. The summed E-state index contributed by atoms with van der Waals surface area (Å²) in [5.41, 5.74) is 3.23. The first-order chi connectivity index (χ1) is 14.3. The van der Waals surface area contributed by atoms with Gasteiger partial charge in [0.1, 0.15) is 0 Å². The van der Waals surface area contributed by atoms with E-state index < -0.39 is 0 Å². The van der Waals surface area contributed by atoms with Crippen LogP contribution in [0.4, 0.5) is 11.4 Å². The van der Waals surface area contributed by atoms with E-state index in [0.29, 0.717) is 21.8 Å². The second-order valence-corrected chi connectivity index (χ2v) is 7.63. The zero-order valence-corrected chi connectivity index (χ0v) is 17.9. The molecule has 6 heteroatoms. The Balaban J connectivity index is 1.83. The largest absolute Gasteiger partial charge is 0.377 e. The third kappa shape index (κ3) is 5.19. The minimum absolute atomic E-state index is 0.154. The molecule has 3 aromatic carbocycles. The van der Waals surface area contributed by atoms with Crippen LogP contribution >= 0.6 is 11.6 Å². The lowest BCUT2D eigenvalue weighted by molar-refractivity contribution is 0.0939. The molecule has 0 aliphatic carbocycles. The minimum atomic E-state index is -0.292. The number of amides is 2. The van der Waals surface area contributed by atoms with Crippen LogP contribution in [-0.4, -0.2) is 25.9 Å². The van der Waals surface area contributed by atoms with Crippen molar-refractivity contribution in [3.05, 3.63) is 94.5 Å². The van der Waals surface area contributed by atoms with Gasteiger partial charge in [-0.3, -0.25) is 9.59 Å². The number of nitrogens with one attached hydrogen (secondary N) is 2. The predicted octanol–water partition coefficient (Wildman–Crippen LogP) is 5.15. The molecule has 5 nitrogen and oxygen atoms in total. The van der Waals surface area contributed by atoms with Crippen molar-refractivity contribution in [2.75, 3.05) is 24.3 Å². The molecule has 0 saturated heterocycles. The lowest BCUT2D eigenvalue weighted by atomic mass is 10.1. The van der Waals surface area contributed by atoms with Gasteiger partial charge in [-0.05, 0) is 48.9 Å². The van der Waals surface area contributed by atoms with Crippen LogP contribution in [0, 0.1) is 0 Å². The van der Waals surface area contributed by atoms with Crippen LogP contribution in [0.3, 0.4) is 0 Å². The van der Waals surface area contributed by atoms with Gasteiger partial charge in [0.2, 0.25) is 0 Å². The van der Waals surface area contributed by atoms with Crippen LogP contribution in [0.15, 0.2) is 72.8 Å². The first kappa shape index (κ1) is 21.4. The summed E-state index contributed by atoms with van der Waals surface area (Å²) in [5.74, 6) is -0.506. The van der Waals surface area contributed by atoms with Gasteiger partial charge in [-0.1, -0.05) is 48.0 Å². The van der Waals surface area contributed by atoms with Gasteiger partial charge in [-0.15, -0.1) is 0 Å². The smallest absolute Gasteiger partial charge is 0.255 e. The molecule has 0 bridgehead atoms. The monoisotopic (exact) mass is 421 g/mol. The maximum absolute atomic E-state index is 13.0. The van der Waals surface area contributed by atoms with E-state index in [2.05, 4.69) is 10.6 Å². The Labute approximate surface area is 181 Å². The summed E-state index contributed by atoms with van der Waals surface area (Å²) >= 11 is 5.97. The quantitative estimate of drug-likeness (QED) is 0.578. The second-order valence-electron chi connectivity index (χ2n) is 7.20. The van der Waals surface area contributed by atoms with E-state index in [1.165, 1.54) is 0 Å². The van der Waals surface area contributed by atoms with Crippen LogP contribution in [0.25, 0.3) is 0 Å². The molecule has 0 saturated carbocycles. The Hall–Kier alpha value is -3.31. The van der Waals surface area contributed by atoms with Crippen LogP contribution in [0.5, 0.6) is 0 Å². The fourth-order valence-electron chi connectivity index (χ4n) is 3.12. The Morgan fingerprint density at radius 3 is 2.30 bits per heavy atom. The van der Waals surface area contributed by atoms with Crippen LogP contribution < -0.4 is 15.5 Å². The van der Waals surface area contributed by atoms with E-state index in [4.69, 9.17) is 11.6 Å². The average Bonchev–Trinajstić information content (AvgIpc) is 2.74. The lowest BCUT2D eigenvalue weighted by Crippen LogP contribution is -2.28. The molecule has 1 atom stereocenters. The highest BCUT2D eigenvalue weighted by molar-refractivity contribution is 6.31. The maximum atomic E-state index is 13.0. The number of hydrogen-bond donors (Lipinski definition) is 2. The summed E-state index contributed by atoms with van der Waals surface area (Å²) in [4.78, 5) is 27.5. The molecule has 3 rings (SSSR count). The number of rotatable bonds is 6. The van der Waals surface area contributed by atoms with Crippen LogP contribution in [0.2, 0.25) is 5.02 Å². The van der Waals surface area contributed by atoms with Gasteiger partial charge in [0.15, 0.2) is 0 Å². The van der Waals surface area contributed by atoms with E-state index in [0.717, 1.165) is 11.3 Å². The van der Waals surface area contributed by atoms with Gasteiger partial charge in [0.25, 0.3) is 11.8 Å². The van der Waals surface area contributed by atoms with Gasteiger partial charge < -0.3 is 15.5 Å². The van der Waals surface area contributed by atoms with E-state index >= 15 is 0 Å². The van der Waals surface area contributed by atoms with E-state index in [1.54, 1.807) is 36.4 Å². The van der Waals surface area contributed by atoms with Crippen molar-refractivity contribution in [1.82, 2.24) is 5.32 Å². The molecule has 0 unspecified atom stereocenters. The van der Waals surface area contributed by atoms with E-state index in [-0.39, 0.29) is 17.9 Å². The molecule has 3 aromatic rings. The van der Waals surface area contributed by atoms with Crippen molar-refractivity contribution in [3.8, 4) is 0 Å². The number of anilines is 2. The molecule has 0 aliphatic heterocycles. The molecule has 0 radical (unpaired) electrons. The highest BCUT2D eigenvalue weighted by atomic mass is 35.5. The van der Waals surface area contributed by atoms with Gasteiger partial charge in [0.05, 0.1) is 11.6 Å². The van der Waals surface area contributed by atoms with E-state index in [1.807, 2.05) is 62.3 Å². The zero-order chi connectivity index (χ0) is 21.7. The fraction of sp³-hybridized carbons (Fsp3) is 0.167. The molecule has 0 heterocycles. The third-order valence-electron chi connectivity index (χ3n) is 4.71. The number of halogens is 1. The summed E-state index contributed by atoms with van der Waals surface area (Å²) in [6, 6.07) is 21.6. The third-order valence-corrected chi connectivity index (χ3v) is 4.95. The molecular formula is C24H24ClN3O2. The van der Waals surface area contributed by atoms with Gasteiger partial charge in [0, 0.05) is 36.1 Å². The first-order valence-corrected chi connectivity index (χ1v) is 9.97. The van der Waals surface area contributed by atoms with Crippen molar-refractivity contribution < 1.29 is 9.59 Å². The molecule has 0 fully saturated rings. The van der Waals surface area contributed by atoms with Crippen molar-refractivity contribution in [1.29, 1.82) is 0 Å². The SMILES string of the molecule is C[C@@H](NC(=O)c1cc(NC(=O)c2cccc(Cl)c2)ccc1N(C)C)c1ccccc1. The Morgan fingerprint density at radius 2 is 1.63 bits per heavy atom. The number of nitrogens with zero attached hydrogens (tertiary/aromatic N) is 1. The minimum Gasteiger partial charge on any atom is -0.377 e. The van der Waals surface area contributed by atoms with Crippen molar-refractivity contribution in [2.45, 2.75) is 13.0 Å². The summed E-state index contributed by atoms with van der Waals surface area (Å²) in [7, 11) is 3.74. The van der Waals surface area contributed by atoms with Crippen LogP contribution in [-0.2, 0) is 0 Å². The average molecular weight is 422 g/mol. The zero-order valence-electron chi connectivity index (χ0n) is 17.1.